The molecule has 0 aromatic heterocycles. The van der Waals surface area contributed by atoms with Crippen molar-refractivity contribution in [2.45, 2.75) is 6.18 Å². The molecule has 0 spiro atoms. The van der Waals surface area contributed by atoms with Crippen molar-refractivity contribution < 1.29 is 22.0 Å². The minimum atomic E-state index is -4.72. The van der Waals surface area contributed by atoms with Gasteiger partial charge in [-0.25, -0.2) is 8.78 Å². The van der Waals surface area contributed by atoms with Crippen LogP contribution in [0.2, 0.25) is 0 Å². The van der Waals surface area contributed by atoms with Crippen molar-refractivity contribution in [3.8, 4) is 22.3 Å². The summed E-state index contributed by atoms with van der Waals surface area (Å²) in [5, 5.41) is 0. The maximum atomic E-state index is 14.2. The van der Waals surface area contributed by atoms with E-state index >= 15 is 0 Å². The second-order valence-corrected chi connectivity index (χ2v) is 5.13. The van der Waals surface area contributed by atoms with E-state index in [0.29, 0.717) is 11.6 Å². The van der Waals surface area contributed by atoms with Gasteiger partial charge in [-0.2, -0.15) is 13.2 Å². The number of hydrogen-bond acceptors (Lipinski definition) is 0. The summed E-state index contributed by atoms with van der Waals surface area (Å²) in [6, 6.07) is 15.5. The first kappa shape index (κ1) is 16.2. The molecule has 0 bridgehead atoms. The van der Waals surface area contributed by atoms with E-state index < -0.39 is 23.4 Å². The number of hydrogen-bond donors (Lipinski definition) is 0. The molecule has 0 saturated heterocycles. The first-order valence-electron chi connectivity index (χ1n) is 7.00. The van der Waals surface area contributed by atoms with Crippen molar-refractivity contribution in [1.82, 2.24) is 0 Å². The molecule has 121 valence electrons. The Kier molecular flexibility index (Phi) is 4.09. The van der Waals surface area contributed by atoms with Crippen LogP contribution in [-0.4, -0.2) is 0 Å². The average Bonchev–Trinajstić information content (AvgIpc) is 2.54. The summed E-state index contributed by atoms with van der Waals surface area (Å²) < 4.78 is 67.6. The highest BCUT2D eigenvalue weighted by Gasteiger charge is 2.35. The monoisotopic (exact) mass is 333 g/mol. The number of halogens is 5. The third-order valence-corrected chi connectivity index (χ3v) is 3.57. The van der Waals surface area contributed by atoms with E-state index in [1.165, 1.54) is 6.07 Å². The van der Waals surface area contributed by atoms with Crippen LogP contribution in [0, 0.1) is 17.7 Å². The first-order chi connectivity index (χ1) is 11.4. The summed E-state index contributed by atoms with van der Waals surface area (Å²) in [5.41, 5.74) is -1.06. The molecule has 0 atom stereocenters. The highest BCUT2D eigenvalue weighted by atomic mass is 19.4. The standard InChI is InChI=1S/C19H10F5/c20-13-9-10-15(17(21)11-13)18-14(12-5-2-1-3-6-12)7-4-8-16(18)19(22,23)24/h1-7,9-11H. The Morgan fingerprint density at radius 3 is 2.12 bits per heavy atom. The maximum absolute atomic E-state index is 14.2. The van der Waals surface area contributed by atoms with E-state index in [1.807, 2.05) is 0 Å². The number of rotatable bonds is 2. The van der Waals surface area contributed by atoms with E-state index in [9.17, 15) is 22.0 Å². The predicted molar refractivity (Wildman–Crippen MR) is 81.1 cm³/mol. The largest absolute Gasteiger partial charge is 0.417 e. The second kappa shape index (κ2) is 6.07. The van der Waals surface area contributed by atoms with Crippen LogP contribution in [0.5, 0.6) is 0 Å². The zero-order valence-electron chi connectivity index (χ0n) is 12.2. The Labute approximate surface area is 135 Å². The highest BCUT2D eigenvalue weighted by Crippen LogP contribution is 2.43. The summed E-state index contributed by atoms with van der Waals surface area (Å²) in [7, 11) is 0. The molecule has 1 radical (unpaired) electrons. The SMILES string of the molecule is Fc1ccc(-c2c(C(F)(F)F)[c]ccc2-c2ccccc2)c(F)c1. The normalized spacial score (nSPS) is 11.5. The smallest absolute Gasteiger partial charge is 0.207 e. The van der Waals surface area contributed by atoms with Crippen LogP contribution in [0.1, 0.15) is 5.56 Å². The molecule has 0 aliphatic rings. The lowest BCUT2D eigenvalue weighted by molar-refractivity contribution is -0.137. The van der Waals surface area contributed by atoms with E-state index in [2.05, 4.69) is 6.07 Å². The van der Waals surface area contributed by atoms with Crippen LogP contribution in [0.3, 0.4) is 0 Å². The van der Waals surface area contributed by atoms with Crippen LogP contribution in [0.25, 0.3) is 22.3 Å². The van der Waals surface area contributed by atoms with Gasteiger partial charge in [0.1, 0.15) is 11.6 Å². The lowest BCUT2D eigenvalue weighted by Crippen LogP contribution is -2.09. The zero-order chi connectivity index (χ0) is 17.3. The van der Waals surface area contributed by atoms with Crippen LogP contribution < -0.4 is 0 Å². The fourth-order valence-electron chi connectivity index (χ4n) is 2.55. The summed E-state index contributed by atoms with van der Waals surface area (Å²) in [6.45, 7) is 0. The van der Waals surface area contributed by atoms with Crippen LogP contribution >= 0.6 is 0 Å². The third-order valence-electron chi connectivity index (χ3n) is 3.57. The molecule has 0 nitrogen and oxygen atoms in total. The first-order valence-corrected chi connectivity index (χ1v) is 7.00. The minimum Gasteiger partial charge on any atom is -0.207 e. The lowest BCUT2D eigenvalue weighted by atomic mass is 9.90. The van der Waals surface area contributed by atoms with Crippen molar-refractivity contribution >= 4 is 0 Å². The van der Waals surface area contributed by atoms with Gasteiger partial charge in [-0.1, -0.05) is 42.5 Å². The summed E-state index contributed by atoms with van der Waals surface area (Å²) in [4.78, 5) is 0. The van der Waals surface area contributed by atoms with Crippen LogP contribution in [0.4, 0.5) is 22.0 Å². The van der Waals surface area contributed by atoms with Gasteiger partial charge in [0, 0.05) is 17.2 Å². The zero-order valence-corrected chi connectivity index (χ0v) is 12.2. The molecule has 0 aliphatic heterocycles. The van der Waals surface area contributed by atoms with Gasteiger partial charge in [-0.3, -0.25) is 0 Å². The molecule has 0 heterocycles. The van der Waals surface area contributed by atoms with Crippen molar-refractivity contribution in [2.75, 3.05) is 0 Å². The van der Waals surface area contributed by atoms with Gasteiger partial charge in [0.15, 0.2) is 0 Å². The molecule has 3 aromatic carbocycles. The number of benzene rings is 3. The molecule has 0 unspecified atom stereocenters. The molecule has 0 N–H and O–H groups in total. The van der Waals surface area contributed by atoms with E-state index in [4.69, 9.17) is 0 Å². The molecule has 0 aliphatic carbocycles. The molecule has 0 saturated carbocycles. The van der Waals surface area contributed by atoms with E-state index in [1.54, 1.807) is 30.3 Å². The average molecular weight is 333 g/mol. The topological polar surface area (TPSA) is 0 Å². The summed E-state index contributed by atoms with van der Waals surface area (Å²) >= 11 is 0. The molecular formula is C19H10F5. The number of alkyl halides is 3. The second-order valence-electron chi connectivity index (χ2n) is 5.13. The lowest BCUT2D eigenvalue weighted by Gasteiger charge is -2.17. The summed E-state index contributed by atoms with van der Waals surface area (Å²) in [5.74, 6) is -1.91. The van der Waals surface area contributed by atoms with Crippen molar-refractivity contribution in [1.29, 1.82) is 0 Å². The van der Waals surface area contributed by atoms with Crippen LogP contribution in [-0.2, 0) is 6.18 Å². The molecule has 3 aromatic rings. The Hall–Kier alpha value is -2.69. The fraction of sp³-hybridized carbons (Fsp3) is 0.0526. The van der Waals surface area contributed by atoms with Crippen LogP contribution in [0.15, 0.2) is 60.7 Å². The quantitative estimate of drug-likeness (QED) is 0.496. The third kappa shape index (κ3) is 3.02. The Bertz CT molecular complexity index is 867. The molecule has 0 fully saturated rings. The van der Waals surface area contributed by atoms with E-state index in [0.717, 1.165) is 18.2 Å². The van der Waals surface area contributed by atoms with Gasteiger partial charge in [-0.15, -0.1) is 0 Å². The Morgan fingerprint density at radius 1 is 0.792 bits per heavy atom. The van der Waals surface area contributed by atoms with Crippen molar-refractivity contribution in [2.24, 2.45) is 0 Å². The molecular weight excluding hydrogens is 323 g/mol. The highest BCUT2D eigenvalue weighted by molar-refractivity contribution is 5.86. The summed E-state index contributed by atoms with van der Waals surface area (Å²) in [6.07, 6.45) is -4.72. The predicted octanol–water partition coefficient (Wildman–Crippen LogP) is 6.12. The van der Waals surface area contributed by atoms with Gasteiger partial charge in [-0.05, 0) is 29.3 Å². The molecule has 24 heavy (non-hydrogen) atoms. The molecule has 5 heteroatoms. The minimum absolute atomic E-state index is 0.201. The van der Waals surface area contributed by atoms with Gasteiger partial charge in [0.25, 0.3) is 0 Å². The van der Waals surface area contributed by atoms with Gasteiger partial charge >= 0.3 is 6.18 Å². The fourth-order valence-corrected chi connectivity index (χ4v) is 2.55. The van der Waals surface area contributed by atoms with Gasteiger partial charge < -0.3 is 0 Å². The van der Waals surface area contributed by atoms with Crippen molar-refractivity contribution in [3.05, 3.63) is 83.9 Å². The van der Waals surface area contributed by atoms with E-state index in [-0.39, 0.29) is 16.7 Å². The Morgan fingerprint density at radius 2 is 1.50 bits per heavy atom. The molecule has 3 rings (SSSR count). The maximum Gasteiger partial charge on any atom is 0.417 e. The molecule has 0 amide bonds. The Balaban J connectivity index is 2.36. The van der Waals surface area contributed by atoms with Crippen molar-refractivity contribution in [3.63, 3.8) is 0 Å². The van der Waals surface area contributed by atoms with Gasteiger partial charge in [0.05, 0.1) is 5.56 Å². The van der Waals surface area contributed by atoms with Gasteiger partial charge in [0.2, 0.25) is 0 Å².